The number of anilines is 1. The maximum atomic E-state index is 14.5. The van der Waals surface area contributed by atoms with Crippen LogP contribution in [0.1, 0.15) is 33.4 Å². The van der Waals surface area contributed by atoms with Crippen molar-refractivity contribution in [3.63, 3.8) is 0 Å². The Kier molecular flexibility index (Phi) is 8.40. The number of halogens is 1. The van der Waals surface area contributed by atoms with Gasteiger partial charge in [0.2, 0.25) is 0 Å². The molecule has 9 heteroatoms. The SMILES string of the molecule is CC(C)(C)[Si](OC[C@H]1C[C@H]([Se]c2ccccc2)[C@@H](n2cc(F)c(N)nc2=O)O1)(c1ccccc1)c1ccccc1. The predicted octanol–water partition coefficient (Wildman–Crippen LogP) is 3.65. The topological polar surface area (TPSA) is 79.4 Å². The molecule has 1 saturated heterocycles. The Morgan fingerprint density at radius 3 is 2.10 bits per heavy atom. The summed E-state index contributed by atoms with van der Waals surface area (Å²) >= 11 is -0.0324. The zero-order valence-corrected chi connectivity index (χ0v) is 25.6. The van der Waals surface area contributed by atoms with Crippen LogP contribution >= 0.6 is 0 Å². The van der Waals surface area contributed by atoms with E-state index in [-0.39, 0.29) is 30.9 Å². The van der Waals surface area contributed by atoms with E-state index in [1.807, 2.05) is 30.3 Å². The standard InChI is InChI=1S/C31H34FN3O3SeSi/c1-31(2,3)40(24-15-9-5-10-16-24,25-17-11-6-12-18-25)37-21-22-19-27(39-23-13-7-4-8-14-23)29(38-22)35-20-26(32)28(33)34-30(35)36/h4-18,20,22,27,29H,19,21H2,1-3H3,(H2,33,34,36)/t22-,27+,29+/m1/s1. The van der Waals surface area contributed by atoms with Crippen LogP contribution in [0.3, 0.4) is 0 Å². The molecule has 0 amide bonds. The number of aromatic nitrogens is 2. The third-order valence-electron chi connectivity index (χ3n) is 7.29. The first-order valence-corrected chi connectivity index (χ1v) is 17.1. The van der Waals surface area contributed by atoms with Crippen molar-refractivity contribution < 1.29 is 13.6 Å². The molecule has 6 nitrogen and oxygen atoms in total. The first kappa shape index (κ1) is 28.5. The molecule has 5 rings (SSSR count). The van der Waals surface area contributed by atoms with Crippen LogP contribution in [0, 0.1) is 5.82 Å². The molecule has 2 N–H and O–H groups in total. The van der Waals surface area contributed by atoms with E-state index in [9.17, 15) is 9.18 Å². The van der Waals surface area contributed by atoms with Gasteiger partial charge < -0.3 is 0 Å². The van der Waals surface area contributed by atoms with E-state index in [4.69, 9.17) is 14.9 Å². The van der Waals surface area contributed by atoms with Crippen molar-refractivity contribution in [1.29, 1.82) is 0 Å². The minimum absolute atomic E-state index is 0.0230. The first-order chi connectivity index (χ1) is 19.2. The molecule has 40 heavy (non-hydrogen) atoms. The summed E-state index contributed by atoms with van der Waals surface area (Å²) in [4.78, 5) is 16.5. The Morgan fingerprint density at radius 1 is 1.00 bits per heavy atom. The zero-order valence-electron chi connectivity index (χ0n) is 22.9. The third-order valence-corrected chi connectivity index (χ3v) is 15.0. The zero-order chi connectivity index (χ0) is 28.3. The van der Waals surface area contributed by atoms with Crippen LogP contribution < -0.4 is 26.3 Å². The van der Waals surface area contributed by atoms with Crippen LogP contribution in [0.5, 0.6) is 0 Å². The summed E-state index contributed by atoms with van der Waals surface area (Å²) in [7, 11) is -2.77. The summed E-state index contributed by atoms with van der Waals surface area (Å²) in [6.07, 6.45) is 0.850. The molecule has 1 aliphatic rings. The second kappa shape index (κ2) is 11.8. The van der Waals surface area contributed by atoms with E-state index < -0.39 is 31.9 Å². The van der Waals surface area contributed by atoms with Gasteiger partial charge in [-0.05, 0) is 0 Å². The molecular weight excluding hydrogens is 588 g/mol. The minimum atomic E-state index is -2.77. The fourth-order valence-corrected chi connectivity index (χ4v) is 12.8. The Morgan fingerprint density at radius 2 is 1.55 bits per heavy atom. The first-order valence-electron chi connectivity index (χ1n) is 13.4. The molecular formula is C31H34FN3O3SeSi. The molecule has 1 aliphatic heterocycles. The molecule has 3 atom stereocenters. The molecule has 0 aliphatic carbocycles. The van der Waals surface area contributed by atoms with Crippen molar-refractivity contribution in [2.24, 2.45) is 0 Å². The van der Waals surface area contributed by atoms with E-state index in [1.54, 1.807) is 0 Å². The monoisotopic (exact) mass is 623 g/mol. The van der Waals surface area contributed by atoms with Gasteiger partial charge in [-0.25, -0.2) is 0 Å². The molecule has 1 aromatic heterocycles. The number of rotatable bonds is 8. The molecule has 208 valence electrons. The summed E-state index contributed by atoms with van der Waals surface area (Å²) in [6, 6.07) is 31.1. The Balaban J connectivity index is 1.49. The molecule has 4 aromatic rings. The van der Waals surface area contributed by atoms with Crippen LogP contribution in [0.15, 0.2) is 102 Å². The second-order valence-electron chi connectivity index (χ2n) is 11.0. The van der Waals surface area contributed by atoms with Gasteiger partial charge in [-0.3, -0.25) is 0 Å². The number of nitrogen functional groups attached to an aromatic ring is 1. The molecule has 0 bridgehead atoms. The fourth-order valence-electron chi connectivity index (χ4n) is 5.47. The van der Waals surface area contributed by atoms with E-state index in [0.717, 1.165) is 6.20 Å². The van der Waals surface area contributed by atoms with Crippen molar-refractivity contribution in [2.45, 2.75) is 49.4 Å². The molecule has 3 aromatic carbocycles. The van der Waals surface area contributed by atoms with Crippen molar-refractivity contribution >= 4 is 43.9 Å². The van der Waals surface area contributed by atoms with Gasteiger partial charge in [0.15, 0.2) is 0 Å². The molecule has 2 heterocycles. The molecule has 0 unspecified atom stereocenters. The van der Waals surface area contributed by atoms with E-state index in [1.165, 1.54) is 19.4 Å². The van der Waals surface area contributed by atoms with Gasteiger partial charge in [0.05, 0.1) is 0 Å². The van der Waals surface area contributed by atoms with Gasteiger partial charge in [-0.1, -0.05) is 0 Å². The quantitative estimate of drug-likeness (QED) is 0.304. The summed E-state index contributed by atoms with van der Waals surface area (Å²) in [5.74, 6) is -1.14. The van der Waals surface area contributed by atoms with Gasteiger partial charge in [-0.2, -0.15) is 0 Å². The van der Waals surface area contributed by atoms with E-state index >= 15 is 0 Å². The molecule has 0 spiro atoms. The van der Waals surface area contributed by atoms with E-state index in [2.05, 4.69) is 86.4 Å². The number of nitrogens with zero attached hydrogens (tertiary/aromatic N) is 2. The summed E-state index contributed by atoms with van der Waals surface area (Å²) < 4.78 is 30.5. The second-order valence-corrected chi connectivity index (χ2v) is 18.1. The molecule has 0 saturated carbocycles. The summed E-state index contributed by atoms with van der Waals surface area (Å²) in [5.41, 5.74) is 4.95. The average Bonchev–Trinajstić information content (AvgIpc) is 3.34. The predicted molar refractivity (Wildman–Crippen MR) is 161 cm³/mol. The summed E-state index contributed by atoms with van der Waals surface area (Å²) in [5, 5.41) is 2.20. The number of benzene rings is 3. The maximum absolute atomic E-state index is 14.5. The summed E-state index contributed by atoms with van der Waals surface area (Å²) in [6.45, 7) is 7.06. The molecule has 0 radical (unpaired) electrons. The number of hydrogen-bond donors (Lipinski definition) is 1. The van der Waals surface area contributed by atoms with Gasteiger partial charge in [-0.15, -0.1) is 0 Å². The van der Waals surface area contributed by atoms with Crippen molar-refractivity contribution in [3.8, 4) is 0 Å². The van der Waals surface area contributed by atoms with Gasteiger partial charge >= 0.3 is 242 Å². The van der Waals surface area contributed by atoms with Crippen LogP contribution in [0.25, 0.3) is 0 Å². The van der Waals surface area contributed by atoms with Gasteiger partial charge in [0.1, 0.15) is 0 Å². The number of hydrogen-bond acceptors (Lipinski definition) is 5. The van der Waals surface area contributed by atoms with Crippen molar-refractivity contribution in [2.75, 3.05) is 12.3 Å². The van der Waals surface area contributed by atoms with Crippen LogP contribution in [-0.2, 0) is 9.16 Å². The van der Waals surface area contributed by atoms with Gasteiger partial charge in [0.25, 0.3) is 0 Å². The molecule has 1 fully saturated rings. The normalized spacial score (nSPS) is 19.6. The van der Waals surface area contributed by atoms with E-state index in [0.29, 0.717) is 13.0 Å². The van der Waals surface area contributed by atoms with Crippen molar-refractivity contribution in [1.82, 2.24) is 9.55 Å². The van der Waals surface area contributed by atoms with Crippen LogP contribution in [-0.4, -0.2) is 45.5 Å². The Hall–Kier alpha value is -3.07. The van der Waals surface area contributed by atoms with Crippen LogP contribution in [0.2, 0.25) is 9.85 Å². The Labute approximate surface area is 241 Å². The number of ether oxygens (including phenoxy) is 1. The number of nitrogens with two attached hydrogens (primary N) is 1. The third kappa shape index (κ3) is 5.71. The fraction of sp³-hybridized carbons (Fsp3) is 0.290. The Bertz CT molecular complexity index is 1440. The van der Waals surface area contributed by atoms with Crippen LogP contribution in [0.4, 0.5) is 10.2 Å². The van der Waals surface area contributed by atoms with Gasteiger partial charge in [0, 0.05) is 0 Å². The average molecular weight is 623 g/mol. The van der Waals surface area contributed by atoms with Crippen molar-refractivity contribution in [3.05, 3.63) is 113 Å².